The lowest BCUT2D eigenvalue weighted by molar-refractivity contribution is 0.157. The van der Waals surface area contributed by atoms with E-state index in [1.807, 2.05) is 39.0 Å². The SMILES string of the molecule is COCC(C)n1ccc(NC(=O)NCC(O)c2cc(C)cc(C)c2)n1. The molecule has 2 amide bonds. The van der Waals surface area contributed by atoms with Crippen molar-refractivity contribution in [1.29, 1.82) is 0 Å². The van der Waals surface area contributed by atoms with Crippen LogP contribution in [0.5, 0.6) is 0 Å². The normalized spacial score (nSPS) is 13.3. The number of amides is 2. The van der Waals surface area contributed by atoms with Crippen molar-refractivity contribution >= 4 is 11.8 Å². The number of benzene rings is 1. The molecule has 3 N–H and O–H groups in total. The Morgan fingerprint density at radius 1 is 1.32 bits per heavy atom. The highest BCUT2D eigenvalue weighted by atomic mass is 16.5. The maximum absolute atomic E-state index is 12.0. The fraction of sp³-hybridized carbons (Fsp3) is 0.444. The van der Waals surface area contributed by atoms with Gasteiger partial charge in [-0.05, 0) is 26.3 Å². The van der Waals surface area contributed by atoms with Gasteiger partial charge in [-0.15, -0.1) is 0 Å². The van der Waals surface area contributed by atoms with Crippen LogP contribution in [-0.2, 0) is 4.74 Å². The molecule has 2 rings (SSSR count). The highest BCUT2D eigenvalue weighted by Gasteiger charge is 2.12. The monoisotopic (exact) mass is 346 g/mol. The zero-order valence-electron chi connectivity index (χ0n) is 15.1. The number of methoxy groups -OCH3 is 1. The zero-order valence-corrected chi connectivity index (χ0v) is 15.1. The number of carbonyl (C=O) groups is 1. The van der Waals surface area contributed by atoms with Crippen LogP contribution in [0.1, 0.15) is 35.8 Å². The van der Waals surface area contributed by atoms with Gasteiger partial charge in [-0.1, -0.05) is 29.3 Å². The summed E-state index contributed by atoms with van der Waals surface area (Å²) in [5.41, 5.74) is 2.94. The van der Waals surface area contributed by atoms with Crippen molar-refractivity contribution in [3.63, 3.8) is 0 Å². The minimum atomic E-state index is -0.761. The first-order valence-electron chi connectivity index (χ1n) is 8.24. The van der Waals surface area contributed by atoms with E-state index in [9.17, 15) is 9.90 Å². The maximum atomic E-state index is 12.0. The Hall–Kier alpha value is -2.38. The Morgan fingerprint density at radius 2 is 2.00 bits per heavy atom. The summed E-state index contributed by atoms with van der Waals surface area (Å²) >= 11 is 0. The summed E-state index contributed by atoms with van der Waals surface area (Å²) in [5.74, 6) is 0.446. The molecule has 0 radical (unpaired) electrons. The number of aliphatic hydroxyl groups excluding tert-OH is 1. The summed E-state index contributed by atoms with van der Waals surface area (Å²) in [5, 5.41) is 19.8. The molecule has 2 atom stereocenters. The molecule has 0 saturated carbocycles. The second kappa shape index (κ2) is 8.64. The molecule has 0 aliphatic heterocycles. The molecule has 0 saturated heterocycles. The summed E-state index contributed by atoms with van der Waals surface area (Å²) in [6.45, 7) is 6.58. The molecule has 1 heterocycles. The van der Waals surface area contributed by atoms with Crippen molar-refractivity contribution in [2.75, 3.05) is 25.6 Å². The molecule has 136 valence electrons. The predicted octanol–water partition coefficient (Wildman–Crippen LogP) is 2.56. The Kier molecular flexibility index (Phi) is 6.55. The molecular formula is C18H26N4O3. The van der Waals surface area contributed by atoms with Gasteiger partial charge in [-0.25, -0.2) is 4.79 Å². The average Bonchev–Trinajstić information content (AvgIpc) is 3.00. The van der Waals surface area contributed by atoms with Crippen LogP contribution < -0.4 is 10.6 Å². The molecule has 25 heavy (non-hydrogen) atoms. The van der Waals surface area contributed by atoms with E-state index >= 15 is 0 Å². The number of hydrogen-bond acceptors (Lipinski definition) is 4. The first-order valence-corrected chi connectivity index (χ1v) is 8.24. The number of aryl methyl sites for hydroxylation is 2. The molecule has 7 nitrogen and oxygen atoms in total. The topological polar surface area (TPSA) is 88.4 Å². The van der Waals surface area contributed by atoms with E-state index in [-0.39, 0.29) is 12.6 Å². The van der Waals surface area contributed by atoms with Crippen LogP contribution in [0.15, 0.2) is 30.5 Å². The smallest absolute Gasteiger partial charge is 0.320 e. The fourth-order valence-electron chi connectivity index (χ4n) is 2.64. The molecule has 1 aromatic heterocycles. The molecule has 2 unspecified atom stereocenters. The van der Waals surface area contributed by atoms with Crippen molar-refractivity contribution in [3.8, 4) is 0 Å². The van der Waals surface area contributed by atoms with Gasteiger partial charge in [0.15, 0.2) is 5.82 Å². The Labute approximate surface area is 148 Å². The summed E-state index contributed by atoms with van der Waals surface area (Å²) in [7, 11) is 1.63. The number of ether oxygens (including phenoxy) is 1. The number of rotatable bonds is 7. The molecule has 0 bridgehead atoms. The third kappa shape index (κ3) is 5.58. The number of anilines is 1. The number of carbonyl (C=O) groups excluding carboxylic acids is 1. The van der Waals surface area contributed by atoms with Crippen LogP contribution in [0.4, 0.5) is 10.6 Å². The quantitative estimate of drug-likeness (QED) is 0.719. The lowest BCUT2D eigenvalue weighted by Crippen LogP contribution is -2.32. The van der Waals surface area contributed by atoms with Gasteiger partial charge in [0.25, 0.3) is 0 Å². The first-order chi connectivity index (χ1) is 11.9. The van der Waals surface area contributed by atoms with E-state index in [2.05, 4.69) is 15.7 Å². The van der Waals surface area contributed by atoms with Gasteiger partial charge in [0.2, 0.25) is 0 Å². The van der Waals surface area contributed by atoms with E-state index in [0.717, 1.165) is 16.7 Å². The number of aromatic nitrogens is 2. The van der Waals surface area contributed by atoms with Gasteiger partial charge in [0, 0.05) is 25.9 Å². The van der Waals surface area contributed by atoms with Crippen LogP contribution in [0.25, 0.3) is 0 Å². The van der Waals surface area contributed by atoms with Crippen LogP contribution in [-0.4, -0.2) is 41.2 Å². The van der Waals surface area contributed by atoms with Gasteiger partial charge < -0.3 is 15.2 Å². The molecule has 7 heteroatoms. The van der Waals surface area contributed by atoms with E-state index in [4.69, 9.17) is 4.74 Å². The van der Waals surface area contributed by atoms with E-state index in [1.165, 1.54) is 0 Å². The number of urea groups is 1. The number of hydrogen-bond donors (Lipinski definition) is 3. The lowest BCUT2D eigenvalue weighted by Gasteiger charge is -2.14. The summed E-state index contributed by atoms with van der Waals surface area (Å²) < 4.78 is 6.81. The van der Waals surface area contributed by atoms with E-state index in [1.54, 1.807) is 24.1 Å². The summed E-state index contributed by atoms with van der Waals surface area (Å²) in [6, 6.07) is 7.25. The Bertz CT molecular complexity index is 694. The van der Waals surface area contributed by atoms with E-state index < -0.39 is 12.1 Å². The van der Waals surface area contributed by atoms with Crippen molar-refractivity contribution < 1.29 is 14.6 Å². The summed E-state index contributed by atoms with van der Waals surface area (Å²) in [6.07, 6.45) is 1.02. The Balaban J connectivity index is 1.86. The van der Waals surface area contributed by atoms with Crippen LogP contribution >= 0.6 is 0 Å². The zero-order chi connectivity index (χ0) is 18.4. The van der Waals surface area contributed by atoms with Crippen LogP contribution in [0, 0.1) is 13.8 Å². The number of aliphatic hydroxyl groups is 1. The van der Waals surface area contributed by atoms with Crippen molar-refractivity contribution in [2.24, 2.45) is 0 Å². The Morgan fingerprint density at radius 3 is 2.64 bits per heavy atom. The molecule has 0 aliphatic rings. The van der Waals surface area contributed by atoms with E-state index in [0.29, 0.717) is 12.4 Å². The molecular weight excluding hydrogens is 320 g/mol. The fourth-order valence-corrected chi connectivity index (χ4v) is 2.64. The highest BCUT2D eigenvalue weighted by molar-refractivity contribution is 5.88. The highest BCUT2D eigenvalue weighted by Crippen LogP contribution is 2.16. The molecule has 1 aromatic carbocycles. The molecule has 0 aliphatic carbocycles. The molecule has 2 aromatic rings. The van der Waals surface area contributed by atoms with Crippen molar-refractivity contribution in [3.05, 3.63) is 47.2 Å². The standard InChI is InChI=1S/C18H26N4O3/c1-12-7-13(2)9-15(8-12)16(23)10-19-18(24)20-17-5-6-22(21-17)14(3)11-25-4/h5-9,14,16,23H,10-11H2,1-4H3,(H2,19,20,21,24). The second-order valence-electron chi connectivity index (χ2n) is 6.26. The maximum Gasteiger partial charge on any atom is 0.320 e. The largest absolute Gasteiger partial charge is 0.387 e. The van der Waals surface area contributed by atoms with Gasteiger partial charge in [-0.3, -0.25) is 10.00 Å². The minimum Gasteiger partial charge on any atom is -0.387 e. The third-order valence-electron chi connectivity index (χ3n) is 3.79. The predicted molar refractivity (Wildman–Crippen MR) is 96.7 cm³/mol. The third-order valence-corrected chi connectivity index (χ3v) is 3.79. The molecule has 0 spiro atoms. The average molecular weight is 346 g/mol. The van der Waals surface area contributed by atoms with Crippen LogP contribution in [0.3, 0.4) is 0 Å². The minimum absolute atomic E-state index is 0.0787. The number of nitrogens with zero attached hydrogens (tertiary/aromatic N) is 2. The molecule has 0 fully saturated rings. The van der Waals surface area contributed by atoms with Gasteiger partial charge in [-0.2, -0.15) is 5.10 Å². The second-order valence-corrected chi connectivity index (χ2v) is 6.26. The van der Waals surface area contributed by atoms with Gasteiger partial charge in [0.1, 0.15) is 0 Å². The van der Waals surface area contributed by atoms with Crippen molar-refractivity contribution in [2.45, 2.75) is 32.9 Å². The summed E-state index contributed by atoms with van der Waals surface area (Å²) in [4.78, 5) is 12.0. The number of nitrogens with one attached hydrogen (secondary N) is 2. The van der Waals surface area contributed by atoms with Gasteiger partial charge >= 0.3 is 6.03 Å². The first kappa shape index (κ1) is 19.0. The van der Waals surface area contributed by atoms with Crippen LogP contribution in [0.2, 0.25) is 0 Å². The van der Waals surface area contributed by atoms with Gasteiger partial charge in [0.05, 0.1) is 18.8 Å². The van der Waals surface area contributed by atoms with Crippen molar-refractivity contribution in [1.82, 2.24) is 15.1 Å². The lowest BCUT2D eigenvalue weighted by atomic mass is 10.0.